The van der Waals surface area contributed by atoms with Crippen molar-refractivity contribution in [3.63, 3.8) is 0 Å². The van der Waals surface area contributed by atoms with Gasteiger partial charge in [-0.2, -0.15) is 0 Å². The Morgan fingerprint density at radius 3 is 2.26 bits per heavy atom. The van der Waals surface area contributed by atoms with Crippen molar-refractivity contribution < 1.29 is 18.0 Å². The first-order valence-corrected chi connectivity index (χ1v) is 10.5. The quantitative estimate of drug-likeness (QED) is 0.875. The second-order valence-electron chi connectivity index (χ2n) is 6.82. The minimum absolute atomic E-state index is 0.00611. The van der Waals surface area contributed by atoms with Crippen LogP contribution in [0.3, 0.4) is 0 Å². The molecule has 2 aromatic rings. The van der Waals surface area contributed by atoms with E-state index >= 15 is 0 Å². The van der Waals surface area contributed by atoms with E-state index in [-0.39, 0.29) is 29.4 Å². The van der Waals surface area contributed by atoms with Crippen molar-refractivity contribution in [1.82, 2.24) is 4.90 Å². The lowest BCUT2D eigenvalue weighted by Gasteiger charge is -2.23. The maximum absolute atomic E-state index is 12.6. The Hall–Kier alpha value is -2.67. The Morgan fingerprint density at radius 1 is 1.04 bits per heavy atom. The first kappa shape index (κ1) is 19.1. The highest BCUT2D eigenvalue weighted by Gasteiger charge is 2.33. The lowest BCUT2D eigenvalue weighted by molar-refractivity contribution is 0.0747. The maximum atomic E-state index is 12.6. The van der Waals surface area contributed by atoms with Gasteiger partial charge in [0, 0.05) is 29.9 Å². The van der Waals surface area contributed by atoms with Crippen molar-refractivity contribution in [2.75, 3.05) is 23.9 Å². The average molecular weight is 386 g/mol. The molecular formula is C20H22N2O4S. The zero-order chi connectivity index (χ0) is 19.6. The van der Waals surface area contributed by atoms with Gasteiger partial charge >= 0.3 is 0 Å². The summed E-state index contributed by atoms with van der Waals surface area (Å²) < 4.78 is 23.2. The number of hydrogen-bond donors (Lipinski definition) is 1. The van der Waals surface area contributed by atoms with Crippen molar-refractivity contribution in [2.45, 2.75) is 19.4 Å². The van der Waals surface area contributed by atoms with Crippen LogP contribution in [0.4, 0.5) is 5.69 Å². The summed E-state index contributed by atoms with van der Waals surface area (Å²) >= 11 is 0. The van der Waals surface area contributed by atoms with E-state index in [1.54, 1.807) is 31.3 Å². The number of carbonyl (C=O) groups is 2. The molecule has 2 amide bonds. The number of hydrogen-bond acceptors (Lipinski definition) is 4. The van der Waals surface area contributed by atoms with Crippen LogP contribution in [-0.2, 0) is 9.84 Å². The van der Waals surface area contributed by atoms with Gasteiger partial charge < -0.3 is 10.2 Å². The predicted molar refractivity (Wildman–Crippen MR) is 105 cm³/mol. The molecule has 1 unspecified atom stereocenters. The third-order valence-corrected chi connectivity index (χ3v) is 6.61. The van der Waals surface area contributed by atoms with Gasteiger partial charge in [0.25, 0.3) is 11.8 Å². The fourth-order valence-corrected chi connectivity index (χ4v) is 4.90. The topological polar surface area (TPSA) is 83.6 Å². The summed E-state index contributed by atoms with van der Waals surface area (Å²) in [4.78, 5) is 26.5. The molecule has 1 aliphatic heterocycles. The average Bonchev–Trinajstić information content (AvgIpc) is 3.02. The highest BCUT2D eigenvalue weighted by Crippen LogP contribution is 2.19. The summed E-state index contributed by atoms with van der Waals surface area (Å²) in [5, 5.41) is 2.85. The molecule has 1 aliphatic rings. The Balaban J connectivity index is 1.68. The van der Waals surface area contributed by atoms with Gasteiger partial charge in [0.05, 0.1) is 11.5 Å². The van der Waals surface area contributed by atoms with Crippen molar-refractivity contribution >= 4 is 27.3 Å². The van der Waals surface area contributed by atoms with Gasteiger partial charge in [0.2, 0.25) is 0 Å². The molecule has 1 heterocycles. The SMILES string of the molecule is Cc1ccccc1NC(=O)c1ccc(C(=O)N(C)C2CCS(=O)(=O)C2)cc1. The molecular weight excluding hydrogens is 364 g/mol. The Kier molecular flexibility index (Phi) is 5.32. The van der Waals surface area contributed by atoms with Gasteiger partial charge in [-0.1, -0.05) is 18.2 Å². The summed E-state index contributed by atoms with van der Waals surface area (Å²) in [6.07, 6.45) is 0.460. The standard InChI is InChI=1S/C20H22N2O4S/c1-14-5-3-4-6-18(14)21-19(23)15-7-9-16(10-8-15)20(24)22(2)17-11-12-27(25,26)13-17/h3-10,17H,11-13H2,1-2H3,(H,21,23). The van der Waals surface area contributed by atoms with Gasteiger partial charge in [0.15, 0.2) is 9.84 Å². The van der Waals surface area contributed by atoms with Crippen molar-refractivity contribution in [1.29, 1.82) is 0 Å². The second kappa shape index (κ2) is 7.52. The summed E-state index contributed by atoms with van der Waals surface area (Å²) in [7, 11) is -1.44. The number of carbonyl (C=O) groups excluding carboxylic acids is 2. The molecule has 1 atom stereocenters. The van der Waals surface area contributed by atoms with Gasteiger partial charge in [0.1, 0.15) is 0 Å². The van der Waals surface area contributed by atoms with Gasteiger partial charge in [-0.15, -0.1) is 0 Å². The number of benzene rings is 2. The molecule has 1 fully saturated rings. The number of amides is 2. The molecule has 1 N–H and O–H groups in total. The van der Waals surface area contributed by atoms with Crippen molar-refractivity contribution in [3.8, 4) is 0 Å². The van der Waals surface area contributed by atoms with Crippen molar-refractivity contribution in [2.24, 2.45) is 0 Å². The van der Waals surface area contributed by atoms with Gasteiger partial charge in [-0.25, -0.2) is 8.42 Å². The third-order valence-electron chi connectivity index (χ3n) is 4.86. The maximum Gasteiger partial charge on any atom is 0.255 e. The van der Waals surface area contributed by atoms with E-state index < -0.39 is 9.84 Å². The van der Waals surface area contributed by atoms with Crippen LogP contribution in [0.25, 0.3) is 0 Å². The first-order chi connectivity index (χ1) is 12.8. The van der Waals surface area contributed by atoms with E-state index in [1.165, 1.54) is 4.90 Å². The number of nitrogens with zero attached hydrogens (tertiary/aromatic N) is 1. The molecule has 1 saturated heterocycles. The molecule has 0 aliphatic carbocycles. The van der Waals surface area contributed by atoms with Crippen LogP contribution in [0, 0.1) is 6.92 Å². The second-order valence-corrected chi connectivity index (χ2v) is 9.05. The van der Waals surface area contributed by atoms with E-state index in [9.17, 15) is 18.0 Å². The molecule has 6 nitrogen and oxygen atoms in total. The molecule has 27 heavy (non-hydrogen) atoms. The zero-order valence-corrected chi connectivity index (χ0v) is 16.1. The summed E-state index contributed by atoms with van der Waals surface area (Å²) in [5.74, 6) is -0.374. The van der Waals surface area contributed by atoms with Crippen LogP contribution in [0.5, 0.6) is 0 Å². The van der Waals surface area contributed by atoms with Crippen LogP contribution in [-0.4, -0.2) is 49.7 Å². The number of aryl methyl sites for hydroxylation is 1. The van der Waals surface area contributed by atoms with Crippen molar-refractivity contribution in [3.05, 3.63) is 65.2 Å². The Labute approximate surface area is 159 Å². The van der Waals surface area contributed by atoms with Crippen LogP contribution in [0.2, 0.25) is 0 Å². The van der Waals surface area contributed by atoms with E-state index in [0.29, 0.717) is 17.5 Å². The smallest absolute Gasteiger partial charge is 0.255 e. The molecule has 3 rings (SSSR count). The first-order valence-electron chi connectivity index (χ1n) is 8.71. The number of nitrogens with one attached hydrogen (secondary N) is 1. The number of para-hydroxylation sites is 1. The number of anilines is 1. The molecule has 142 valence electrons. The highest BCUT2D eigenvalue weighted by atomic mass is 32.2. The van der Waals surface area contributed by atoms with E-state index in [4.69, 9.17) is 0 Å². The predicted octanol–water partition coefficient (Wildman–Crippen LogP) is 2.51. The minimum Gasteiger partial charge on any atom is -0.338 e. The lowest BCUT2D eigenvalue weighted by Crippen LogP contribution is -2.37. The summed E-state index contributed by atoms with van der Waals surface area (Å²) in [6, 6.07) is 13.6. The molecule has 0 radical (unpaired) electrons. The summed E-state index contributed by atoms with van der Waals surface area (Å²) in [5.41, 5.74) is 2.57. The molecule has 2 aromatic carbocycles. The monoisotopic (exact) mass is 386 g/mol. The summed E-state index contributed by atoms with van der Waals surface area (Å²) in [6.45, 7) is 1.91. The Morgan fingerprint density at radius 2 is 1.67 bits per heavy atom. The largest absolute Gasteiger partial charge is 0.338 e. The van der Waals surface area contributed by atoms with E-state index in [0.717, 1.165) is 11.3 Å². The molecule has 7 heteroatoms. The third kappa shape index (κ3) is 4.36. The molecule has 0 saturated carbocycles. The zero-order valence-electron chi connectivity index (χ0n) is 15.3. The van der Waals surface area contributed by atoms with Gasteiger partial charge in [-0.3, -0.25) is 9.59 Å². The number of rotatable bonds is 4. The van der Waals surface area contributed by atoms with Crippen LogP contribution in [0.1, 0.15) is 32.7 Å². The molecule has 0 bridgehead atoms. The van der Waals surface area contributed by atoms with Crippen LogP contribution in [0.15, 0.2) is 48.5 Å². The van der Waals surface area contributed by atoms with E-state index in [1.807, 2.05) is 31.2 Å². The fourth-order valence-electron chi connectivity index (χ4n) is 3.12. The highest BCUT2D eigenvalue weighted by molar-refractivity contribution is 7.91. The Bertz CT molecular complexity index is 968. The van der Waals surface area contributed by atoms with Crippen LogP contribution >= 0.6 is 0 Å². The fraction of sp³-hybridized carbons (Fsp3) is 0.300. The molecule has 0 aromatic heterocycles. The van der Waals surface area contributed by atoms with Gasteiger partial charge in [-0.05, 0) is 49.2 Å². The lowest BCUT2D eigenvalue weighted by atomic mass is 10.1. The van der Waals surface area contributed by atoms with E-state index in [2.05, 4.69) is 5.32 Å². The molecule has 0 spiro atoms. The minimum atomic E-state index is -3.05. The van der Waals surface area contributed by atoms with Crippen LogP contribution < -0.4 is 5.32 Å². The number of sulfone groups is 1. The normalized spacial score (nSPS) is 18.1.